The minimum absolute atomic E-state index is 0.116. The van der Waals surface area contributed by atoms with E-state index in [-0.39, 0.29) is 12.1 Å². The largest absolute Gasteiger partial charge is 0.360 e. The summed E-state index contributed by atoms with van der Waals surface area (Å²) in [6.45, 7) is 1.50. The van der Waals surface area contributed by atoms with Gasteiger partial charge in [0.1, 0.15) is 18.6 Å². The van der Waals surface area contributed by atoms with Crippen LogP contribution >= 0.6 is 0 Å². The molecule has 3 aromatic heterocycles. The number of amides is 1. The maximum Gasteiger partial charge on any atom is 0.283 e. The molecule has 10 heteroatoms. The standard InChI is InChI=1S/C11H11N7O3/c1-6-3-7(15-21-6)13-8(19)4-18-5-12-10-9(11(18)20)14-16-17(10)2/h3,5H,4H2,1-2H3,(H,13,15,19). The lowest BCUT2D eigenvalue weighted by Crippen LogP contribution is -2.28. The van der Waals surface area contributed by atoms with Gasteiger partial charge in [0.2, 0.25) is 5.91 Å². The Hall–Kier alpha value is -3.04. The molecule has 3 heterocycles. The van der Waals surface area contributed by atoms with E-state index in [1.54, 1.807) is 20.0 Å². The molecule has 0 bridgehead atoms. The predicted octanol–water partition coefficient (Wildman–Crippen LogP) is -0.540. The molecule has 0 radical (unpaired) electrons. The Balaban J connectivity index is 1.83. The molecular weight excluding hydrogens is 278 g/mol. The lowest BCUT2D eigenvalue weighted by molar-refractivity contribution is -0.116. The first-order valence-electron chi connectivity index (χ1n) is 6.02. The van der Waals surface area contributed by atoms with E-state index in [9.17, 15) is 9.59 Å². The van der Waals surface area contributed by atoms with Crippen molar-refractivity contribution < 1.29 is 9.32 Å². The van der Waals surface area contributed by atoms with Crippen LogP contribution in [0.15, 0.2) is 21.7 Å². The van der Waals surface area contributed by atoms with E-state index in [2.05, 4.69) is 25.8 Å². The Morgan fingerprint density at radius 1 is 1.48 bits per heavy atom. The van der Waals surface area contributed by atoms with Crippen molar-refractivity contribution in [3.05, 3.63) is 28.5 Å². The van der Waals surface area contributed by atoms with Gasteiger partial charge in [-0.1, -0.05) is 10.4 Å². The average Bonchev–Trinajstić information content (AvgIpc) is 3.00. The molecule has 0 saturated heterocycles. The number of aromatic nitrogens is 6. The van der Waals surface area contributed by atoms with Crippen LogP contribution in [0.2, 0.25) is 0 Å². The van der Waals surface area contributed by atoms with Gasteiger partial charge in [0.25, 0.3) is 5.56 Å². The maximum absolute atomic E-state index is 12.1. The Kier molecular flexibility index (Phi) is 2.97. The van der Waals surface area contributed by atoms with E-state index in [1.807, 2.05) is 0 Å². The fourth-order valence-electron chi connectivity index (χ4n) is 1.82. The van der Waals surface area contributed by atoms with Gasteiger partial charge in [0.15, 0.2) is 17.0 Å². The first-order valence-corrected chi connectivity index (χ1v) is 6.02. The van der Waals surface area contributed by atoms with Gasteiger partial charge in [0.05, 0.1) is 0 Å². The van der Waals surface area contributed by atoms with Gasteiger partial charge in [-0.15, -0.1) is 5.10 Å². The lowest BCUT2D eigenvalue weighted by atomic mass is 10.4. The van der Waals surface area contributed by atoms with Crippen LogP contribution in [0.25, 0.3) is 11.2 Å². The van der Waals surface area contributed by atoms with Crippen LogP contribution in [0.4, 0.5) is 5.82 Å². The van der Waals surface area contributed by atoms with E-state index < -0.39 is 11.5 Å². The molecule has 0 fully saturated rings. The highest BCUT2D eigenvalue weighted by atomic mass is 16.5. The SMILES string of the molecule is Cc1cc(NC(=O)Cn2cnc3c(nnn3C)c2=O)no1. The summed E-state index contributed by atoms with van der Waals surface area (Å²) in [7, 11) is 1.63. The van der Waals surface area contributed by atoms with Gasteiger partial charge >= 0.3 is 0 Å². The van der Waals surface area contributed by atoms with Crippen molar-refractivity contribution in [1.82, 2.24) is 29.7 Å². The number of rotatable bonds is 3. The Bertz CT molecular complexity index is 875. The molecule has 0 aliphatic carbocycles. The van der Waals surface area contributed by atoms with Crippen molar-refractivity contribution in [3.63, 3.8) is 0 Å². The van der Waals surface area contributed by atoms with Gasteiger partial charge in [-0.3, -0.25) is 14.2 Å². The summed E-state index contributed by atoms with van der Waals surface area (Å²) < 4.78 is 7.37. The molecule has 0 saturated carbocycles. The summed E-state index contributed by atoms with van der Waals surface area (Å²) in [4.78, 5) is 28.0. The smallest absolute Gasteiger partial charge is 0.283 e. The van der Waals surface area contributed by atoms with E-state index in [0.29, 0.717) is 17.2 Å². The van der Waals surface area contributed by atoms with Crippen LogP contribution in [0, 0.1) is 6.92 Å². The van der Waals surface area contributed by atoms with Gasteiger partial charge in [0, 0.05) is 13.1 Å². The Morgan fingerprint density at radius 2 is 2.29 bits per heavy atom. The number of hydrogen-bond acceptors (Lipinski definition) is 7. The van der Waals surface area contributed by atoms with Crippen LogP contribution < -0.4 is 10.9 Å². The zero-order chi connectivity index (χ0) is 15.0. The fourth-order valence-corrected chi connectivity index (χ4v) is 1.82. The number of anilines is 1. The molecule has 1 amide bonds. The molecule has 0 aliphatic rings. The highest BCUT2D eigenvalue weighted by molar-refractivity contribution is 5.89. The molecule has 21 heavy (non-hydrogen) atoms. The minimum Gasteiger partial charge on any atom is -0.360 e. The number of nitrogens with zero attached hydrogens (tertiary/aromatic N) is 6. The second-order valence-corrected chi connectivity index (χ2v) is 4.43. The van der Waals surface area contributed by atoms with E-state index >= 15 is 0 Å². The maximum atomic E-state index is 12.1. The van der Waals surface area contributed by atoms with Crippen LogP contribution in [0.3, 0.4) is 0 Å². The quantitative estimate of drug-likeness (QED) is 0.687. The minimum atomic E-state index is -0.431. The molecule has 0 atom stereocenters. The van der Waals surface area contributed by atoms with Gasteiger partial charge in [-0.25, -0.2) is 9.67 Å². The Labute approximate surface area is 117 Å². The molecule has 0 aliphatic heterocycles. The summed E-state index contributed by atoms with van der Waals surface area (Å²) in [5.74, 6) is 0.444. The topological polar surface area (TPSA) is 121 Å². The van der Waals surface area contributed by atoms with Gasteiger partial charge < -0.3 is 9.84 Å². The Morgan fingerprint density at radius 3 is 3.00 bits per heavy atom. The predicted molar refractivity (Wildman–Crippen MR) is 70.4 cm³/mol. The molecule has 108 valence electrons. The van der Waals surface area contributed by atoms with Crippen molar-refractivity contribution in [1.29, 1.82) is 0 Å². The molecular formula is C11H11N7O3. The number of hydrogen-bond donors (Lipinski definition) is 1. The highest BCUT2D eigenvalue weighted by Crippen LogP contribution is 2.07. The molecule has 0 aromatic carbocycles. The first-order chi connectivity index (χ1) is 10.0. The van der Waals surface area contributed by atoms with Crippen LogP contribution in [0.5, 0.6) is 0 Å². The van der Waals surface area contributed by atoms with Crippen molar-refractivity contribution in [2.24, 2.45) is 7.05 Å². The molecule has 10 nitrogen and oxygen atoms in total. The summed E-state index contributed by atoms with van der Waals surface area (Å²) in [5, 5.41) is 13.6. The third kappa shape index (κ3) is 2.38. The van der Waals surface area contributed by atoms with E-state index in [1.165, 1.54) is 11.0 Å². The van der Waals surface area contributed by atoms with E-state index in [0.717, 1.165) is 4.57 Å². The van der Waals surface area contributed by atoms with Crippen molar-refractivity contribution >= 4 is 22.9 Å². The first kappa shape index (κ1) is 13.0. The third-order valence-corrected chi connectivity index (χ3v) is 2.79. The van der Waals surface area contributed by atoms with Gasteiger partial charge in [-0.05, 0) is 6.92 Å². The average molecular weight is 289 g/mol. The fraction of sp³-hybridized carbons (Fsp3) is 0.273. The van der Waals surface area contributed by atoms with Crippen LogP contribution in [-0.4, -0.2) is 35.6 Å². The second-order valence-electron chi connectivity index (χ2n) is 4.43. The molecule has 3 aromatic rings. The lowest BCUT2D eigenvalue weighted by Gasteiger charge is -2.04. The molecule has 0 unspecified atom stereocenters. The molecule has 1 N–H and O–H groups in total. The van der Waals surface area contributed by atoms with Crippen LogP contribution in [-0.2, 0) is 18.4 Å². The number of aryl methyl sites for hydroxylation is 2. The summed E-state index contributed by atoms with van der Waals surface area (Å²) >= 11 is 0. The number of carbonyl (C=O) groups excluding carboxylic acids is 1. The van der Waals surface area contributed by atoms with Crippen molar-refractivity contribution in [2.75, 3.05) is 5.32 Å². The van der Waals surface area contributed by atoms with Crippen molar-refractivity contribution in [3.8, 4) is 0 Å². The van der Waals surface area contributed by atoms with E-state index in [4.69, 9.17) is 4.52 Å². The zero-order valence-electron chi connectivity index (χ0n) is 11.3. The summed E-state index contributed by atoms with van der Waals surface area (Å²) in [5.41, 5.74) is 0.0495. The van der Waals surface area contributed by atoms with Crippen LogP contribution in [0.1, 0.15) is 5.76 Å². The monoisotopic (exact) mass is 289 g/mol. The molecule has 3 rings (SSSR count). The number of fused-ring (bicyclic) bond motifs is 1. The molecule has 0 spiro atoms. The summed E-state index contributed by atoms with van der Waals surface area (Å²) in [6.07, 6.45) is 1.28. The third-order valence-electron chi connectivity index (χ3n) is 2.79. The number of nitrogens with one attached hydrogen (secondary N) is 1. The van der Waals surface area contributed by atoms with Crippen molar-refractivity contribution in [2.45, 2.75) is 13.5 Å². The highest BCUT2D eigenvalue weighted by Gasteiger charge is 2.13. The normalized spacial score (nSPS) is 11.0. The number of carbonyl (C=O) groups is 1. The zero-order valence-corrected chi connectivity index (χ0v) is 11.3. The summed E-state index contributed by atoms with van der Waals surface area (Å²) in [6, 6.07) is 1.57. The van der Waals surface area contributed by atoms with Gasteiger partial charge in [-0.2, -0.15) is 0 Å². The second kappa shape index (κ2) is 4.81.